The first-order valence-electron chi connectivity index (χ1n) is 7.19. The Bertz CT molecular complexity index is 565. The normalized spacial score (nSPS) is 17.7. The Morgan fingerprint density at radius 1 is 1.43 bits per heavy atom. The number of nitrogens with zero attached hydrogens (tertiary/aromatic N) is 1. The summed E-state index contributed by atoms with van der Waals surface area (Å²) in [6, 6.07) is 5.06. The predicted molar refractivity (Wildman–Crippen MR) is 81.5 cm³/mol. The maximum atomic E-state index is 13.3. The molecule has 7 nitrogen and oxygen atoms in total. The van der Waals surface area contributed by atoms with Gasteiger partial charge >= 0.3 is 6.03 Å². The predicted octanol–water partition coefficient (Wildman–Crippen LogP) is 0.849. The van der Waals surface area contributed by atoms with Crippen LogP contribution in [0.3, 0.4) is 0 Å². The Labute approximate surface area is 133 Å². The maximum Gasteiger partial charge on any atom is 0.315 e. The van der Waals surface area contributed by atoms with Crippen molar-refractivity contribution in [1.82, 2.24) is 10.6 Å². The van der Waals surface area contributed by atoms with Crippen LogP contribution in [-0.4, -0.2) is 51.6 Å². The van der Waals surface area contributed by atoms with E-state index in [0.717, 1.165) is 0 Å². The van der Waals surface area contributed by atoms with Gasteiger partial charge in [-0.1, -0.05) is 6.07 Å². The minimum atomic E-state index is -0.533. The lowest BCUT2D eigenvalue weighted by atomic mass is 10.2. The van der Waals surface area contributed by atoms with Crippen molar-refractivity contribution in [2.75, 3.05) is 32.2 Å². The number of nitrogens with one attached hydrogen (secondary N) is 2. The van der Waals surface area contributed by atoms with E-state index < -0.39 is 18.1 Å². The van der Waals surface area contributed by atoms with Crippen molar-refractivity contribution >= 4 is 17.6 Å². The highest BCUT2D eigenvalue weighted by molar-refractivity contribution is 5.96. The number of methoxy groups -OCH3 is 2. The Morgan fingerprint density at radius 2 is 2.17 bits per heavy atom. The molecule has 1 atom stereocenters. The minimum absolute atomic E-state index is 0.160. The molecule has 1 aromatic carbocycles. The molecule has 1 unspecified atom stereocenters. The summed E-state index contributed by atoms with van der Waals surface area (Å²) in [5, 5.41) is 5.31. The SMILES string of the molecule is COC(CNC(=O)NC1CC(=O)N(c2cccc(F)c2)C1)OC. The van der Waals surface area contributed by atoms with Gasteiger partial charge in [-0.2, -0.15) is 0 Å². The third kappa shape index (κ3) is 4.64. The number of rotatable bonds is 6. The van der Waals surface area contributed by atoms with Gasteiger partial charge in [0.05, 0.1) is 12.6 Å². The molecule has 1 aliphatic rings. The zero-order valence-electron chi connectivity index (χ0n) is 13.0. The van der Waals surface area contributed by atoms with Crippen molar-refractivity contribution in [2.45, 2.75) is 18.8 Å². The summed E-state index contributed by atoms with van der Waals surface area (Å²) in [6.07, 6.45) is -0.364. The van der Waals surface area contributed by atoms with E-state index >= 15 is 0 Å². The first-order chi connectivity index (χ1) is 11.0. The third-order valence-corrected chi connectivity index (χ3v) is 3.54. The molecular formula is C15H20FN3O4. The van der Waals surface area contributed by atoms with Crippen LogP contribution in [0.15, 0.2) is 24.3 Å². The molecule has 0 aliphatic carbocycles. The van der Waals surface area contributed by atoms with Gasteiger partial charge < -0.3 is 25.0 Å². The van der Waals surface area contributed by atoms with E-state index in [-0.39, 0.29) is 24.9 Å². The fraction of sp³-hybridized carbons (Fsp3) is 0.467. The van der Waals surface area contributed by atoms with Gasteiger partial charge in [-0.25, -0.2) is 9.18 Å². The van der Waals surface area contributed by atoms with Crippen LogP contribution in [0.1, 0.15) is 6.42 Å². The standard InChI is InChI=1S/C15H20FN3O4/c1-22-14(23-2)8-17-15(21)18-11-7-13(20)19(9-11)12-5-3-4-10(16)6-12/h3-6,11,14H,7-9H2,1-2H3,(H2,17,18,21). The highest BCUT2D eigenvalue weighted by atomic mass is 19.1. The molecule has 126 valence electrons. The molecule has 1 aliphatic heterocycles. The van der Waals surface area contributed by atoms with Gasteiger partial charge in [0, 0.05) is 32.9 Å². The zero-order valence-corrected chi connectivity index (χ0v) is 13.0. The van der Waals surface area contributed by atoms with E-state index in [4.69, 9.17) is 9.47 Å². The molecule has 2 rings (SSSR count). The molecule has 0 aromatic heterocycles. The number of carbonyl (C=O) groups is 2. The number of halogens is 1. The van der Waals surface area contributed by atoms with Crippen molar-refractivity contribution in [3.05, 3.63) is 30.1 Å². The summed E-state index contributed by atoms with van der Waals surface area (Å²) in [6.45, 7) is 0.487. The molecular weight excluding hydrogens is 305 g/mol. The number of hydrogen-bond donors (Lipinski definition) is 2. The molecule has 1 aromatic rings. The van der Waals surface area contributed by atoms with Crippen LogP contribution in [0.2, 0.25) is 0 Å². The smallest absolute Gasteiger partial charge is 0.315 e. The molecule has 23 heavy (non-hydrogen) atoms. The summed E-state index contributed by atoms with van der Waals surface area (Å²) in [5.74, 6) is -0.567. The molecule has 0 saturated carbocycles. The molecule has 8 heteroatoms. The summed E-state index contributed by atoms with van der Waals surface area (Å²) < 4.78 is 23.2. The van der Waals surface area contributed by atoms with E-state index in [9.17, 15) is 14.0 Å². The maximum absolute atomic E-state index is 13.3. The number of carbonyl (C=O) groups excluding carboxylic acids is 2. The van der Waals surface area contributed by atoms with Crippen molar-refractivity contribution < 1.29 is 23.5 Å². The van der Waals surface area contributed by atoms with E-state index in [1.54, 1.807) is 12.1 Å². The monoisotopic (exact) mass is 325 g/mol. The van der Waals surface area contributed by atoms with Crippen molar-refractivity contribution in [3.63, 3.8) is 0 Å². The third-order valence-electron chi connectivity index (χ3n) is 3.54. The average molecular weight is 325 g/mol. The van der Waals surface area contributed by atoms with Crippen LogP contribution in [0.25, 0.3) is 0 Å². The molecule has 0 radical (unpaired) electrons. The summed E-state index contributed by atoms with van der Waals surface area (Å²) in [5.41, 5.74) is 0.485. The average Bonchev–Trinajstić information content (AvgIpc) is 2.88. The highest BCUT2D eigenvalue weighted by Gasteiger charge is 2.31. The molecule has 0 bridgehead atoms. The van der Waals surface area contributed by atoms with Gasteiger partial charge in [0.2, 0.25) is 5.91 Å². The van der Waals surface area contributed by atoms with Crippen molar-refractivity contribution in [3.8, 4) is 0 Å². The Morgan fingerprint density at radius 3 is 2.83 bits per heavy atom. The van der Waals surface area contributed by atoms with Gasteiger partial charge in [0.1, 0.15) is 5.82 Å². The lowest BCUT2D eigenvalue weighted by Gasteiger charge is -2.18. The first kappa shape index (κ1) is 17.2. The Hall–Kier alpha value is -2.19. The fourth-order valence-corrected chi connectivity index (χ4v) is 2.37. The fourth-order valence-electron chi connectivity index (χ4n) is 2.37. The number of anilines is 1. The largest absolute Gasteiger partial charge is 0.354 e. The molecule has 3 amide bonds. The van der Waals surface area contributed by atoms with Gasteiger partial charge in [-0.3, -0.25) is 4.79 Å². The Balaban J connectivity index is 1.86. The number of benzene rings is 1. The van der Waals surface area contributed by atoms with Gasteiger partial charge in [0.25, 0.3) is 0 Å². The van der Waals surface area contributed by atoms with Crippen LogP contribution in [0, 0.1) is 5.82 Å². The number of hydrogen-bond acceptors (Lipinski definition) is 4. The number of ether oxygens (including phenoxy) is 2. The highest BCUT2D eigenvalue weighted by Crippen LogP contribution is 2.22. The minimum Gasteiger partial charge on any atom is -0.354 e. The van der Waals surface area contributed by atoms with Crippen molar-refractivity contribution in [1.29, 1.82) is 0 Å². The lowest BCUT2D eigenvalue weighted by molar-refractivity contribution is -0.117. The van der Waals surface area contributed by atoms with E-state index in [1.807, 2.05) is 0 Å². The molecule has 1 heterocycles. The Kier molecular flexibility index (Phi) is 5.89. The number of amides is 3. The molecule has 1 saturated heterocycles. The van der Waals surface area contributed by atoms with Crippen LogP contribution >= 0.6 is 0 Å². The summed E-state index contributed by atoms with van der Waals surface area (Å²) >= 11 is 0. The first-order valence-corrected chi connectivity index (χ1v) is 7.19. The lowest BCUT2D eigenvalue weighted by Crippen LogP contribution is -2.46. The van der Waals surface area contributed by atoms with Crippen LogP contribution in [0.5, 0.6) is 0 Å². The van der Waals surface area contributed by atoms with Gasteiger partial charge in [0.15, 0.2) is 6.29 Å². The van der Waals surface area contributed by atoms with Crippen LogP contribution < -0.4 is 15.5 Å². The molecule has 2 N–H and O–H groups in total. The van der Waals surface area contributed by atoms with Gasteiger partial charge in [-0.15, -0.1) is 0 Å². The zero-order chi connectivity index (χ0) is 16.8. The second-order valence-electron chi connectivity index (χ2n) is 5.14. The second-order valence-corrected chi connectivity index (χ2v) is 5.14. The van der Waals surface area contributed by atoms with Crippen LogP contribution in [0.4, 0.5) is 14.9 Å². The molecule has 1 fully saturated rings. The van der Waals surface area contributed by atoms with Crippen LogP contribution in [-0.2, 0) is 14.3 Å². The van der Waals surface area contributed by atoms with E-state index in [2.05, 4.69) is 10.6 Å². The molecule has 0 spiro atoms. The number of urea groups is 1. The quantitative estimate of drug-likeness (QED) is 0.760. The second kappa shape index (κ2) is 7.89. The van der Waals surface area contributed by atoms with Gasteiger partial charge in [-0.05, 0) is 18.2 Å². The summed E-state index contributed by atoms with van der Waals surface area (Å²) in [7, 11) is 2.94. The van der Waals surface area contributed by atoms with E-state index in [0.29, 0.717) is 12.2 Å². The summed E-state index contributed by atoms with van der Waals surface area (Å²) in [4.78, 5) is 25.3. The van der Waals surface area contributed by atoms with Crippen molar-refractivity contribution in [2.24, 2.45) is 0 Å². The topological polar surface area (TPSA) is 79.9 Å². The van der Waals surface area contributed by atoms with E-state index in [1.165, 1.54) is 31.3 Å².